The number of carboxylic acids is 1. The first-order chi connectivity index (χ1) is 9.62. The molecule has 1 aromatic heterocycles. The molecule has 0 unspecified atom stereocenters. The number of nitrogens with one attached hydrogen (secondary N) is 1. The lowest BCUT2D eigenvalue weighted by Gasteiger charge is -2.34. The van der Waals surface area contributed by atoms with E-state index in [1.54, 1.807) is 6.20 Å². The van der Waals surface area contributed by atoms with Crippen LogP contribution in [0.15, 0.2) is 22.8 Å². The molecule has 2 rings (SSSR count). The van der Waals surface area contributed by atoms with Crippen molar-refractivity contribution in [1.82, 2.24) is 10.3 Å². The van der Waals surface area contributed by atoms with Crippen molar-refractivity contribution in [3.8, 4) is 0 Å². The largest absolute Gasteiger partial charge is 0.480 e. The Kier molecular flexibility index (Phi) is 5.51. The van der Waals surface area contributed by atoms with E-state index in [1.807, 2.05) is 12.1 Å². The highest BCUT2D eigenvalue weighted by Gasteiger charge is 2.35. The lowest BCUT2D eigenvalue weighted by Crippen LogP contribution is -2.37. The molecule has 2 heterocycles. The molecule has 1 saturated heterocycles. The molecule has 5 nitrogen and oxygen atoms in total. The molecule has 0 spiro atoms. The van der Waals surface area contributed by atoms with Crippen molar-refractivity contribution in [2.75, 3.05) is 19.7 Å². The standard InChI is InChI=1S/C14H19BrN2O3/c15-11-3-4-12(17-9-11)14(20-10-13(18)19)5-1-7-16-8-2-6-14/h3-4,9,16H,1-2,5-8,10H2,(H,18,19). The second-order valence-electron chi connectivity index (χ2n) is 5.00. The van der Waals surface area contributed by atoms with Gasteiger partial charge in [0.05, 0.1) is 5.69 Å². The Morgan fingerprint density at radius 3 is 2.65 bits per heavy atom. The second kappa shape index (κ2) is 7.15. The van der Waals surface area contributed by atoms with E-state index in [9.17, 15) is 4.79 Å². The SMILES string of the molecule is O=C(O)COC1(c2ccc(Br)cn2)CCCNCCC1. The molecule has 1 aliphatic rings. The number of hydrogen-bond donors (Lipinski definition) is 2. The van der Waals surface area contributed by atoms with Crippen molar-refractivity contribution in [1.29, 1.82) is 0 Å². The smallest absolute Gasteiger partial charge is 0.329 e. The molecule has 0 bridgehead atoms. The van der Waals surface area contributed by atoms with E-state index in [0.717, 1.165) is 48.9 Å². The maximum absolute atomic E-state index is 10.9. The zero-order valence-corrected chi connectivity index (χ0v) is 12.9. The molecular formula is C14H19BrN2O3. The van der Waals surface area contributed by atoms with Crippen LogP contribution in [0.4, 0.5) is 0 Å². The highest BCUT2D eigenvalue weighted by atomic mass is 79.9. The molecule has 0 aliphatic carbocycles. The molecule has 1 aromatic rings. The van der Waals surface area contributed by atoms with Crippen molar-refractivity contribution < 1.29 is 14.6 Å². The maximum atomic E-state index is 10.9. The third-order valence-electron chi connectivity index (χ3n) is 3.53. The number of aliphatic carboxylic acids is 1. The Balaban J connectivity index is 2.25. The predicted octanol–water partition coefficient (Wildman–Crippen LogP) is 2.30. The molecule has 6 heteroatoms. The van der Waals surface area contributed by atoms with Crippen molar-refractivity contribution in [2.45, 2.75) is 31.3 Å². The summed E-state index contributed by atoms with van der Waals surface area (Å²) in [5, 5.41) is 12.3. The molecule has 0 amide bonds. The summed E-state index contributed by atoms with van der Waals surface area (Å²) in [6.07, 6.45) is 5.18. The van der Waals surface area contributed by atoms with Gasteiger partial charge in [0.15, 0.2) is 0 Å². The Morgan fingerprint density at radius 1 is 1.40 bits per heavy atom. The molecule has 1 fully saturated rings. The Morgan fingerprint density at radius 2 is 2.10 bits per heavy atom. The fraction of sp³-hybridized carbons (Fsp3) is 0.571. The van der Waals surface area contributed by atoms with E-state index in [-0.39, 0.29) is 6.61 Å². The first kappa shape index (κ1) is 15.4. The van der Waals surface area contributed by atoms with E-state index < -0.39 is 11.6 Å². The van der Waals surface area contributed by atoms with Crippen LogP contribution in [0, 0.1) is 0 Å². The maximum Gasteiger partial charge on any atom is 0.329 e. The summed E-state index contributed by atoms with van der Waals surface area (Å²) in [5.41, 5.74) is 0.241. The van der Waals surface area contributed by atoms with Gasteiger partial charge < -0.3 is 15.2 Å². The van der Waals surface area contributed by atoms with Gasteiger partial charge in [0.25, 0.3) is 0 Å². The second-order valence-corrected chi connectivity index (χ2v) is 5.91. The molecule has 0 radical (unpaired) electrons. The highest BCUT2D eigenvalue weighted by molar-refractivity contribution is 9.10. The minimum absolute atomic E-state index is 0.287. The summed E-state index contributed by atoms with van der Waals surface area (Å²) in [6.45, 7) is 1.56. The summed E-state index contributed by atoms with van der Waals surface area (Å²) >= 11 is 3.37. The quantitative estimate of drug-likeness (QED) is 0.878. The van der Waals surface area contributed by atoms with E-state index in [1.165, 1.54) is 0 Å². The molecule has 0 saturated carbocycles. The predicted molar refractivity (Wildman–Crippen MR) is 78.5 cm³/mol. The van der Waals surface area contributed by atoms with Crippen LogP contribution < -0.4 is 5.32 Å². The summed E-state index contributed by atoms with van der Waals surface area (Å²) in [7, 11) is 0. The van der Waals surface area contributed by atoms with Crippen molar-refractivity contribution in [3.05, 3.63) is 28.5 Å². The zero-order valence-electron chi connectivity index (χ0n) is 11.3. The van der Waals surface area contributed by atoms with E-state index in [4.69, 9.17) is 9.84 Å². The number of nitrogens with zero attached hydrogens (tertiary/aromatic N) is 1. The number of ether oxygens (including phenoxy) is 1. The summed E-state index contributed by atoms with van der Waals surface area (Å²) in [6, 6.07) is 3.84. The topological polar surface area (TPSA) is 71.5 Å². The van der Waals surface area contributed by atoms with Gasteiger partial charge in [-0.3, -0.25) is 4.98 Å². The van der Waals surface area contributed by atoms with Gasteiger partial charge in [0, 0.05) is 10.7 Å². The average molecular weight is 343 g/mol. The van der Waals surface area contributed by atoms with Crippen LogP contribution in [-0.4, -0.2) is 35.8 Å². The highest BCUT2D eigenvalue weighted by Crippen LogP contribution is 2.35. The Labute approximate surface area is 126 Å². The normalized spacial score (nSPS) is 19.1. The van der Waals surface area contributed by atoms with E-state index >= 15 is 0 Å². The number of rotatable bonds is 4. The third-order valence-corrected chi connectivity index (χ3v) is 4.00. The van der Waals surface area contributed by atoms with E-state index in [2.05, 4.69) is 26.2 Å². The number of hydrogen-bond acceptors (Lipinski definition) is 4. The molecule has 0 atom stereocenters. The summed E-state index contributed by atoms with van der Waals surface area (Å²) < 4.78 is 6.69. The van der Waals surface area contributed by atoms with Gasteiger partial charge in [-0.25, -0.2) is 4.79 Å². The molecule has 1 aliphatic heterocycles. The van der Waals surface area contributed by atoms with Crippen molar-refractivity contribution >= 4 is 21.9 Å². The van der Waals surface area contributed by atoms with E-state index in [0.29, 0.717) is 0 Å². The molecule has 20 heavy (non-hydrogen) atoms. The van der Waals surface area contributed by atoms with Gasteiger partial charge in [0.2, 0.25) is 0 Å². The van der Waals surface area contributed by atoms with Crippen molar-refractivity contribution in [2.24, 2.45) is 0 Å². The lowest BCUT2D eigenvalue weighted by atomic mass is 9.87. The summed E-state index contributed by atoms with van der Waals surface area (Å²) in [5.74, 6) is -0.943. The number of pyridine rings is 1. The fourth-order valence-electron chi connectivity index (χ4n) is 2.57. The first-order valence-electron chi connectivity index (χ1n) is 6.81. The molecule has 110 valence electrons. The zero-order chi connectivity index (χ0) is 14.4. The molecule has 0 aromatic carbocycles. The molecule has 2 N–H and O–H groups in total. The van der Waals surface area contributed by atoms with Crippen LogP contribution in [0.2, 0.25) is 0 Å². The van der Waals surface area contributed by atoms with Crippen LogP contribution in [0.1, 0.15) is 31.4 Å². The van der Waals surface area contributed by atoms with Gasteiger partial charge >= 0.3 is 5.97 Å². The monoisotopic (exact) mass is 342 g/mol. The van der Waals surface area contributed by atoms with Gasteiger partial charge in [-0.05, 0) is 66.8 Å². The van der Waals surface area contributed by atoms with Crippen LogP contribution in [0.25, 0.3) is 0 Å². The lowest BCUT2D eigenvalue weighted by molar-refractivity contribution is -0.152. The Hall–Kier alpha value is -0.980. The number of aromatic nitrogens is 1. The van der Waals surface area contributed by atoms with Crippen LogP contribution in [0.3, 0.4) is 0 Å². The number of halogens is 1. The average Bonchev–Trinajstić information content (AvgIpc) is 2.39. The minimum atomic E-state index is -0.943. The fourth-order valence-corrected chi connectivity index (χ4v) is 2.80. The Bertz CT molecular complexity index is 442. The number of carboxylic acid groups (broad SMARTS) is 1. The van der Waals surface area contributed by atoms with Gasteiger partial charge in [0.1, 0.15) is 12.2 Å². The van der Waals surface area contributed by atoms with Crippen LogP contribution in [-0.2, 0) is 15.1 Å². The number of carbonyl (C=O) groups is 1. The van der Waals surface area contributed by atoms with Gasteiger partial charge in [-0.1, -0.05) is 0 Å². The minimum Gasteiger partial charge on any atom is -0.480 e. The van der Waals surface area contributed by atoms with Crippen LogP contribution in [0.5, 0.6) is 0 Å². The van der Waals surface area contributed by atoms with Gasteiger partial charge in [-0.15, -0.1) is 0 Å². The first-order valence-corrected chi connectivity index (χ1v) is 7.60. The summed E-state index contributed by atoms with van der Waals surface area (Å²) in [4.78, 5) is 15.3. The third kappa shape index (κ3) is 4.01. The van der Waals surface area contributed by atoms with Crippen LogP contribution >= 0.6 is 15.9 Å². The van der Waals surface area contributed by atoms with Crippen molar-refractivity contribution in [3.63, 3.8) is 0 Å². The van der Waals surface area contributed by atoms with Gasteiger partial charge in [-0.2, -0.15) is 0 Å². The molecular weight excluding hydrogens is 324 g/mol.